The summed E-state index contributed by atoms with van der Waals surface area (Å²) < 4.78 is 7.76. The molecule has 0 saturated heterocycles. The molecule has 1 heterocycles. The number of hydrogen-bond donors (Lipinski definition) is 0. The van der Waals surface area contributed by atoms with E-state index in [-0.39, 0.29) is 0 Å². The Morgan fingerprint density at radius 2 is 2.00 bits per heavy atom. The van der Waals surface area contributed by atoms with Gasteiger partial charge in [-0.25, -0.2) is 0 Å². The van der Waals surface area contributed by atoms with Gasteiger partial charge < -0.3 is 9.64 Å². The molecule has 0 aliphatic heterocycles. The van der Waals surface area contributed by atoms with E-state index in [1.807, 2.05) is 56.3 Å². The van der Waals surface area contributed by atoms with Gasteiger partial charge in [-0.15, -0.1) is 0 Å². The highest BCUT2D eigenvalue weighted by atomic mass is 16.5. The number of aryl methyl sites for hydroxylation is 1. The zero-order valence-electron chi connectivity index (χ0n) is 11.8. The van der Waals surface area contributed by atoms with Crippen LogP contribution in [0, 0.1) is 0 Å². The van der Waals surface area contributed by atoms with Gasteiger partial charge >= 0.3 is 0 Å². The second-order valence-corrected chi connectivity index (χ2v) is 4.88. The number of ether oxygens (including phenoxy) is 1. The van der Waals surface area contributed by atoms with Crippen LogP contribution in [0.3, 0.4) is 0 Å². The van der Waals surface area contributed by atoms with Crippen LogP contribution in [0.1, 0.15) is 11.3 Å². The van der Waals surface area contributed by atoms with Crippen LogP contribution in [-0.2, 0) is 13.5 Å². The minimum absolute atomic E-state index is 0.704. The molecular formula is C15H21N3O. The van der Waals surface area contributed by atoms with Gasteiger partial charge in [0.1, 0.15) is 12.4 Å². The van der Waals surface area contributed by atoms with Crippen molar-refractivity contribution in [2.24, 2.45) is 7.05 Å². The number of rotatable bonds is 6. The van der Waals surface area contributed by atoms with E-state index in [2.05, 4.69) is 16.1 Å². The highest BCUT2D eigenvalue weighted by Gasteiger charge is 2.06. The molecular weight excluding hydrogens is 238 g/mol. The Balaban J connectivity index is 2.06. The second kappa shape index (κ2) is 6.38. The lowest BCUT2D eigenvalue weighted by atomic mass is 10.1. The Labute approximate surface area is 114 Å². The van der Waals surface area contributed by atoms with Crippen LogP contribution in [0.25, 0.3) is 0 Å². The standard InChI is InChI=1S/C15H21N3O/c1-17(2)10-11-19-15-7-5-4-6-13(15)12-14-8-9-16-18(14)3/h4-9H,10-12H2,1-3H3. The van der Waals surface area contributed by atoms with Crippen molar-refractivity contribution >= 4 is 0 Å². The van der Waals surface area contributed by atoms with Gasteiger partial charge in [0.15, 0.2) is 0 Å². The van der Waals surface area contributed by atoms with Gasteiger partial charge in [0.2, 0.25) is 0 Å². The van der Waals surface area contributed by atoms with E-state index in [0.29, 0.717) is 6.61 Å². The van der Waals surface area contributed by atoms with E-state index in [9.17, 15) is 0 Å². The number of hydrogen-bond acceptors (Lipinski definition) is 3. The molecule has 2 aromatic rings. The van der Waals surface area contributed by atoms with E-state index in [0.717, 1.165) is 18.7 Å². The minimum Gasteiger partial charge on any atom is -0.492 e. The smallest absolute Gasteiger partial charge is 0.122 e. The maximum atomic E-state index is 5.87. The monoisotopic (exact) mass is 259 g/mol. The van der Waals surface area contributed by atoms with Crippen LogP contribution >= 0.6 is 0 Å². The summed E-state index contributed by atoms with van der Waals surface area (Å²) >= 11 is 0. The van der Waals surface area contributed by atoms with Crippen molar-refractivity contribution in [1.29, 1.82) is 0 Å². The fourth-order valence-corrected chi connectivity index (χ4v) is 1.90. The van der Waals surface area contributed by atoms with Crippen LogP contribution < -0.4 is 4.74 Å². The highest BCUT2D eigenvalue weighted by Crippen LogP contribution is 2.21. The first-order valence-corrected chi connectivity index (χ1v) is 6.49. The van der Waals surface area contributed by atoms with Crippen molar-refractivity contribution in [3.8, 4) is 5.75 Å². The molecule has 0 atom stereocenters. The molecule has 0 N–H and O–H groups in total. The first-order chi connectivity index (χ1) is 9.16. The lowest BCUT2D eigenvalue weighted by molar-refractivity contribution is 0.259. The van der Waals surface area contributed by atoms with Crippen LogP contribution in [0.4, 0.5) is 0 Å². The summed E-state index contributed by atoms with van der Waals surface area (Å²) in [6.45, 7) is 1.62. The molecule has 4 nitrogen and oxygen atoms in total. The maximum Gasteiger partial charge on any atom is 0.122 e. The fourth-order valence-electron chi connectivity index (χ4n) is 1.90. The molecule has 0 fully saturated rings. The van der Waals surface area contributed by atoms with Crippen molar-refractivity contribution in [3.63, 3.8) is 0 Å². The third kappa shape index (κ3) is 3.83. The van der Waals surface area contributed by atoms with Crippen LogP contribution in [0.15, 0.2) is 36.5 Å². The summed E-state index contributed by atoms with van der Waals surface area (Å²) in [5.41, 5.74) is 2.38. The summed E-state index contributed by atoms with van der Waals surface area (Å²) in [4.78, 5) is 2.11. The lowest BCUT2D eigenvalue weighted by Crippen LogP contribution is -2.19. The van der Waals surface area contributed by atoms with Crippen molar-refractivity contribution in [2.75, 3.05) is 27.2 Å². The highest BCUT2D eigenvalue weighted by molar-refractivity contribution is 5.36. The van der Waals surface area contributed by atoms with E-state index >= 15 is 0 Å². The first kappa shape index (κ1) is 13.6. The Morgan fingerprint density at radius 1 is 1.21 bits per heavy atom. The largest absolute Gasteiger partial charge is 0.492 e. The molecule has 0 spiro atoms. The molecule has 0 aliphatic carbocycles. The lowest BCUT2D eigenvalue weighted by Gasteiger charge is -2.14. The summed E-state index contributed by atoms with van der Waals surface area (Å²) in [6.07, 6.45) is 2.67. The van der Waals surface area contributed by atoms with Gasteiger partial charge in [0, 0.05) is 37.5 Å². The second-order valence-electron chi connectivity index (χ2n) is 4.88. The van der Waals surface area contributed by atoms with E-state index in [1.54, 1.807) is 0 Å². The molecule has 0 radical (unpaired) electrons. The number of aromatic nitrogens is 2. The topological polar surface area (TPSA) is 30.3 Å². The van der Waals surface area contributed by atoms with Crippen LogP contribution in [0.2, 0.25) is 0 Å². The number of nitrogens with zero attached hydrogens (tertiary/aromatic N) is 3. The Bertz CT molecular complexity index is 520. The summed E-state index contributed by atoms with van der Waals surface area (Å²) in [7, 11) is 6.06. The van der Waals surface area contributed by atoms with Crippen LogP contribution in [-0.4, -0.2) is 41.9 Å². The molecule has 0 aliphatic rings. The maximum absolute atomic E-state index is 5.87. The van der Waals surface area contributed by atoms with E-state index in [1.165, 1.54) is 11.3 Å². The third-order valence-corrected chi connectivity index (χ3v) is 3.06. The molecule has 1 aromatic heterocycles. The SMILES string of the molecule is CN(C)CCOc1ccccc1Cc1ccnn1C. The van der Waals surface area contributed by atoms with Gasteiger partial charge in [0.05, 0.1) is 0 Å². The van der Waals surface area contributed by atoms with Gasteiger partial charge in [-0.3, -0.25) is 4.68 Å². The number of likely N-dealkylation sites (N-methyl/N-ethyl adjacent to an activating group) is 1. The normalized spacial score (nSPS) is 10.9. The van der Waals surface area contributed by atoms with Crippen molar-refractivity contribution < 1.29 is 4.74 Å². The van der Waals surface area contributed by atoms with Crippen molar-refractivity contribution in [2.45, 2.75) is 6.42 Å². The van der Waals surface area contributed by atoms with E-state index in [4.69, 9.17) is 4.74 Å². The molecule has 0 saturated carbocycles. The third-order valence-electron chi connectivity index (χ3n) is 3.06. The average molecular weight is 259 g/mol. The molecule has 0 bridgehead atoms. The molecule has 0 unspecified atom stereocenters. The fraction of sp³-hybridized carbons (Fsp3) is 0.400. The molecule has 0 amide bonds. The number of benzene rings is 1. The molecule has 1 aromatic carbocycles. The molecule has 2 rings (SSSR count). The van der Waals surface area contributed by atoms with Gasteiger partial charge in [-0.2, -0.15) is 5.10 Å². The number of para-hydroxylation sites is 1. The average Bonchev–Trinajstić information content (AvgIpc) is 2.77. The van der Waals surface area contributed by atoms with Crippen LogP contribution in [0.5, 0.6) is 5.75 Å². The predicted molar refractivity (Wildman–Crippen MR) is 76.5 cm³/mol. The quantitative estimate of drug-likeness (QED) is 0.794. The predicted octanol–water partition coefficient (Wildman–Crippen LogP) is 1.95. The summed E-state index contributed by atoms with van der Waals surface area (Å²) in [5, 5.41) is 4.20. The van der Waals surface area contributed by atoms with Gasteiger partial charge in [0.25, 0.3) is 0 Å². The summed E-state index contributed by atoms with van der Waals surface area (Å²) in [5.74, 6) is 0.963. The molecule has 19 heavy (non-hydrogen) atoms. The molecule has 4 heteroatoms. The first-order valence-electron chi connectivity index (χ1n) is 6.49. The van der Waals surface area contributed by atoms with Crippen molar-refractivity contribution in [3.05, 3.63) is 47.8 Å². The Hall–Kier alpha value is -1.81. The summed E-state index contributed by atoms with van der Waals surface area (Å²) in [6, 6.07) is 10.2. The zero-order chi connectivity index (χ0) is 13.7. The minimum atomic E-state index is 0.704. The van der Waals surface area contributed by atoms with Gasteiger partial charge in [-0.1, -0.05) is 18.2 Å². The Morgan fingerprint density at radius 3 is 2.68 bits per heavy atom. The zero-order valence-corrected chi connectivity index (χ0v) is 11.8. The Kier molecular flexibility index (Phi) is 4.58. The molecule has 102 valence electrons. The van der Waals surface area contributed by atoms with E-state index < -0.39 is 0 Å². The van der Waals surface area contributed by atoms with Gasteiger partial charge in [-0.05, 0) is 26.2 Å². The van der Waals surface area contributed by atoms with Crippen molar-refractivity contribution in [1.82, 2.24) is 14.7 Å².